The van der Waals surface area contributed by atoms with Gasteiger partial charge in [0.2, 0.25) is 0 Å². The first kappa shape index (κ1) is 19.0. The van der Waals surface area contributed by atoms with Crippen LogP contribution in [0.2, 0.25) is 5.02 Å². The molecule has 2 aromatic carbocycles. The molecule has 0 saturated carbocycles. The highest BCUT2D eigenvalue weighted by molar-refractivity contribution is 6.30. The van der Waals surface area contributed by atoms with Crippen molar-refractivity contribution in [1.82, 2.24) is 4.90 Å². The summed E-state index contributed by atoms with van der Waals surface area (Å²) >= 11 is 6.26. The molecule has 2 rings (SSSR count). The molecule has 0 amide bonds. The third-order valence-corrected chi connectivity index (χ3v) is 4.80. The van der Waals surface area contributed by atoms with E-state index in [4.69, 9.17) is 11.6 Å². The molecule has 1 nitrogen and oxygen atoms in total. The minimum absolute atomic E-state index is 0.175. The zero-order valence-electron chi connectivity index (χ0n) is 14.9. The number of benzene rings is 2. The van der Waals surface area contributed by atoms with Gasteiger partial charge in [-0.15, -0.1) is 0 Å². The lowest BCUT2D eigenvalue weighted by Gasteiger charge is -2.38. The lowest BCUT2D eigenvalue weighted by molar-refractivity contribution is 0.192. The summed E-state index contributed by atoms with van der Waals surface area (Å²) in [5.41, 5.74) is 2.33. The normalized spacial score (nSPS) is 14.2. The Kier molecular flexibility index (Phi) is 6.82. The van der Waals surface area contributed by atoms with Gasteiger partial charge in [0.25, 0.3) is 0 Å². The first-order valence-corrected chi connectivity index (χ1v) is 8.90. The van der Waals surface area contributed by atoms with Gasteiger partial charge in [-0.1, -0.05) is 63.6 Å². The summed E-state index contributed by atoms with van der Waals surface area (Å²) in [6.07, 6.45) is 0. The Morgan fingerprint density at radius 3 is 2.12 bits per heavy atom. The summed E-state index contributed by atoms with van der Waals surface area (Å²) in [5, 5.41) is 0.747. The molecule has 2 unspecified atom stereocenters. The number of nitrogens with zero attached hydrogens (tertiary/aromatic N) is 1. The Morgan fingerprint density at radius 1 is 1.00 bits per heavy atom. The van der Waals surface area contributed by atoms with Crippen molar-refractivity contribution in [2.24, 2.45) is 0 Å². The Bertz CT molecular complexity index is 635. The fourth-order valence-electron chi connectivity index (χ4n) is 3.42. The second-order valence-corrected chi connectivity index (χ2v) is 6.76. The quantitative estimate of drug-likeness (QED) is 0.571. The zero-order chi connectivity index (χ0) is 17.7. The molecule has 0 N–H and O–H groups in total. The highest BCUT2D eigenvalue weighted by Crippen LogP contribution is 2.42. The van der Waals surface area contributed by atoms with Gasteiger partial charge >= 0.3 is 0 Å². The number of hydrogen-bond acceptors (Lipinski definition) is 1. The van der Waals surface area contributed by atoms with Crippen molar-refractivity contribution in [1.29, 1.82) is 0 Å². The Labute approximate surface area is 150 Å². The molecule has 0 heterocycles. The van der Waals surface area contributed by atoms with E-state index < -0.39 is 0 Å². The maximum atomic E-state index is 13.4. The third-order valence-electron chi connectivity index (χ3n) is 4.56. The van der Waals surface area contributed by atoms with Crippen LogP contribution in [0.1, 0.15) is 50.8 Å². The molecular weight excluding hydrogens is 321 g/mol. The zero-order valence-corrected chi connectivity index (χ0v) is 15.6. The van der Waals surface area contributed by atoms with Crippen molar-refractivity contribution < 1.29 is 4.39 Å². The molecule has 2 atom stereocenters. The molecule has 2 aromatic rings. The van der Waals surface area contributed by atoms with E-state index >= 15 is 0 Å². The predicted octanol–water partition coefficient (Wildman–Crippen LogP) is 6.26. The van der Waals surface area contributed by atoms with Crippen molar-refractivity contribution in [2.75, 3.05) is 13.1 Å². The molecular formula is C21H26ClFN. The number of hydrogen-bond donors (Lipinski definition) is 0. The molecule has 0 aromatic heterocycles. The monoisotopic (exact) mass is 346 g/mol. The minimum atomic E-state index is -0.201. The van der Waals surface area contributed by atoms with Crippen LogP contribution in [0.25, 0.3) is 0 Å². The summed E-state index contributed by atoms with van der Waals surface area (Å²) in [5.74, 6) is 1.29. The van der Waals surface area contributed by atoms with Crippen molar-refractivity contribution in [3.8, 4) is 0 Å². The lowest BCUT2D eigenvalue weighted by atomic mass is 9.78. The van der Waals surface area contributed by atoms with Crippen molar-refractivity contribution in [2.45, 2.75) is 39.7 Å². The first-order valence-electron chi connectivity index (χ1n) is 8.52. The fourth-order valence-corrected chi connectivity index (χ4v) is 3.62. The average Bonchev–Trinajstić information content (AvgIpc) is 2.56. The molecule has 0 aliphatic heterocycles. The molecule has 0 aliphatic carbocycles. The van der Waals surface area contributed by atoms with Gasteiger partial charge in [0, 0.05) is 17.0 Å². The summed E-state index contributed by atoms with van der Waals surface area (Å²) in [6, 6.07) is 15.1. The molecule has 0 fully saturated rings. The predicted molar refractivity (Wildman–Crippen MR) is 101 cm³/mol. The molecule has 24 heavy (non-hydrogen) atoms. The topological polar surface area (TPSA) is 3.24 Å². The maximum Gasteiger partial charge on any atom is 0.123 e. The van der Waals surface area contributed by atoms with Crippen LogP contribution in [0.4, 0.5) is 4.39 Å². The molecule has 0 spiro atoms. The van der Waals surface area contributed by atoms with Gasteiger partial charge < -0.3 is 0 Å². The summed E-state index contributed by atoms with van der Waals surface area (Å²) in [6.45, 7) is 10.5. The lowest BCUT2D eigenvalue weighted by Crippen LogP contribution is -2.34. The second kappa shape index (κ2) is 8.64. The largest absolute Gasteiger partial charge is 0.296 e. The molecule has 129 valence electrons. The highest BCUT2D eigenvalue weighted by Gasteiger charge is 2.31. The molecule has 1 radical (unpaired) electrons. The van der Waals surface area contributed by atoms with Crippen LogP contribution in [0.3, 0.4) is 0 Å². The van der Waals surface area contributed by atoms with Crippen LogP contribution in [0, 0.1) is 11.7 Å². The van der Waals surface area contributed by atoms with Crippen molar-refractivity contribution >= 4 is 11.6 Å². The highest BCUT2D eigenvalue weighted by atomic mass is 35.5. The summed E-state index contributed by atoms with van der Waals surface area (Å²) < 4.78 is 13.4. The minimum Gasteiger partial charge on any atom is -0.296 e. The first-order chi connectivity index (χ1) is 11.5. The van der Waals surface area contributed by atoms with Crippen molar-refractivity contribution in [3.05, 3.63) is 76.4 Å². The number of halogens is 2. The van der Waals surface area contributed by atoms with Crippen LogP contribution < -0.4 is 0 Å². The van der Waals surface area contributed by atoms with E-state index in [9.17, 15) is 4.39 Å². The Morgan fingerprint density at radius 2 is 1.62 bits per heavy atom. The van der Waals surface area contributed by atoms with Crippen LogP contribution in [-0.2, 0) is 0 Å². The Balaban J connectivity index is 2.54. The van der Waals surface area contributed by atoms with Crippen LogP contribution >= 0.6 is 11.6 Å². The van der Waals surface area contributed by atoms with Gasteiger partial charge in [0.05, 0.1) is 0 Å². The Hall–Kier alpha value is -1.38. The van der Waals surface area contributed by atoms with E-state index in [2.05, 4.69) is 38.7 Å². The molecule has 0 saturated heterocycles. The smallest absolute Gasteiger partial charge is 0.123 e. The van der Waals surface area contributed by atoms with E-state index in [0.29, 0.717) is 0 Å². The van der Waals surface area contributed by atoms with E-state index in [-0.39, 0.29) is 17.8 Å². The van der Waals surface area contributed by atoms with Crippen molar-refractivity contribution in [3.63, 3.8) is 0 Å². The standard InChI is InChI=1S/C21H26ClFN/c1-5-24(6-2)21(17-8-7-9-18(22)14-17)20(15(3)4)16-10-12-19(23)13-11-16/h7-14,20-21H,5-6H2,1-4H3. The maximum absolute atomic E-state index is 13.4. The van der Waals surface area contributed by atoms with Gasteiger partial charge in [-0.05, 0) is 54.4 Å². The summed E-state index contributed by atoms with van der Waals surface area (Å²) in [7, 11) is 0. The third kappa shape index (κ3) is 4.37. The van der Waals surface area contributed by atoms with Gasteiger partial charge in [0.1, 0.15) is 5.82 Å². The SMILES string of the molecule is CCN(CC)C(c1cccc(Cl)c1)C([C](C)C)c1ccc(F)cc1. The average molecular weight is 347 g/mol. The van der Waals surface area contributed by atoms with E-state index in [1.165, 1.54) is 11.5 Å². The number of likely N-dealkylation sites (N-methyl/N-ethyl adjacent to an activating group) is 1. The fraction of sp³-hybridized carbons (Fsp3) is 0.381. The molecule has 3 heteroatoms. The van der Waals surface area contributed by atoms with Gasteiger partial charge in [-0.25, -0.2) is 4.39 Å². The van der Waals surface area contributed by atoms with Crippen LogP contribution in [-0.4, -0.2) is 18.0 Å². The summed E-state index contributed by atoms with van der Waals surface area (Å²) in [4.78, 5) is 2.44. The van der Waals surface area contributed by atoms with E-state index in [1.54, 1.807) is 12.1 Å². The van der Waals surface area contributed by atoms with E-state index in [1.807, 2.05) is 30.3 Å². The van der Waals surface area contributed by atoms with Crippen LogP contribution in [0.5, 0.6) is 0 Å². The van der Waals surface area contributed by atoms with Gasteiger partial charge in [-0.3, -0.25) is 4.90 Å². The van der Waals surface area contributed by atoms with Gasteiger partial charge in [0.15, 0.2) is 0 Å². The van der Waals surface area contributed by atoms with Crippen LogP contribution in [0.15, 0.2) is 48.5 Å². The second-order valence-electron chi connectivity index (χ2n) is 6.33. The van der Waals surface area contributed by atoms with E-state index in [0.717, 1.165) is 23.7 Å². The molecule has 0 aliphatic rings. The van der Waals surface area contributed by atoms with Gasteiger partial charge in [-0.2, -0.15) is 0 Å². The molecule has 0 bridgehead atoms. The number of rotatable bonds is 7.